The van der Waals surface area contributed by atoms with Gasteiger partial charge in [0.1, 0.15) is 12.4 Å². The second kappa shape index (κ2) is 4.75. The molecule has 4 nitrogen and oxygen atoms in total. The minimum absolute atomic E-state index is 0.0366. The van der Waals surface area contributed by atoms with E-state index in [2.05, 4.69) is 23.4 Å². The van der Waals surface area contributed by atoms with Crippen LogP contribution in [-0.4, -0.2) is 14.7 Å². The number of hydrogen-bond acceptors (Lipinski definition) is 3. The van der Waals surface area contributed by atoms with E-state index in [1.807, 2.05) is 18.2 Å². The third kappa shape index (κ3) is 2.00. The highest BCUT2D eigenvalue weighted by atomic mass is 16.3. The summed E-state index contributed by atoms with van der Waals surface area (Å²) < 4.78 is 2.13. The monoisotopic (exact) mass is 233 g/mol. The number of nitrogens with zero attached hydrogens (tertiary/aromatic N) is 2. The predicted molar refractivity (Wildman–Crippen MR) is 69.7 cm³/mol. The van der Waals surface area contributed by atoms with Gasteiger partial charge in [-0.15, -0.1) is 0 Å². The fourth-order valence-electron chi connectivity index (χ4n) is 2.34. The highest BCUT2D eigenvalue weighted by molar-refractivity contribution is 5.79. The van der Waals surface area contributed by atoms with Crippen molar-refractivity contribution in [1.29, 1.82) is 0 Å². The van der Waals surface area contributed by atoms with Crippen LogP contribution < -0.4 is 5.73 Å². The number of fused-ring (bicyclic) bond motifs is 1. The molecule has 0 aliphatic heterocycles. The molecule has 0 amide bonds. The summed E-state index contributed by atoms with van der Waals surface area (Å²) in [6.07, 6.45) is 2.05. The summed E-state index contributed by atoms with van der Waals surface area (Å²) in [5.41, 5.74) is 8.37. The minimum atomic E-state index is -0.0366. The van der Waals surface area contributed by atoms with Crippen molar-refractivity contribution >= 4 is 16.7 Å². The van der Waals surface area contributed by atoms with Gasteiger partial charge in [0, 0.05) is 11.7 Å². The van der Waals surface area contributed by atoms with Crippen molar-refractivity contribution in [2.24, 2.45) is 0 Å². The Morgan fingerprint density at radius 3 is 2.65 bits per heavy atom. The van der Waals surface area contributed by atoms with Gasteiger partial charge < -0.3 is 15.4 Å². The molecular weight excluding hydrogens is 214 g/mol. The fourth-order valence-corrected chi connectivity index (χ4v) is 2.34. The Morgan fingerprint density at radius 2 is 2.06 bits per heavy atom. The van der Waals surface area contributed by atoms with Gasteiger partial charge in [0.05, 0.1) is 11.0 Å². The van der Waals surface area contributed by atoms with Crippen LogP contribution in [0.25, 0.3) is 11.0 Å². The number of rotatable bonds is 4. The topological polar surface area (TPSA) is 64.1 Å². The molecule has 1 aromatic heterocycles. The zero-order chi connectivity index (χ0) is 12.4. The molecule has 0 spiro atoms. The summed E-state index contributed by atoms with van der Waals surface area (Å²) in [4.78, 5) is 4.44. The maximum Gasteiger partial charge on any atom is 0.135 e. The molecule has 1 aromatic carbocycles. The summed E-state index contributed by atoms with van der Waals surface area (Å²) in [6.45, 7) is 4.27. The van der Waals surface area contributed by atoms with Crippen molar-refractivity contribution in [3.63, 3.8) is 0 Å². The summed E-state index contributed by atoms with van der Waals surface area (Å²) in [5.74, 6) is 0.722. The van der Waals surface area contributed by atoms with Crippen molar-refractivity contribution < 1.29 is 5.11 Å². The molecule has 0 bridgehead atoms. The largest absolute Gasteiger partial charge is 0.399 e. The second-order valence-electron chi connectivity index (χ2n) is 4.27. The van der Waals surface area contributed by atoms with Crippen LogP contribution in [0.5, 0.6) is 0 Å². The average Bonchev–Trinajstić information content (AvgIpc) is 2.69. The van der Waals surface area contributed by atoms with Crippen LogP contribution in [0.15, 0.2) is 18.2 Å². The normalized spacial score (nSPS) is 11.5. The number of aromatic nitrogens is 2. The Morgan fingerprint density at radius 1 is 1.35 bits per heavy atom. The molecular formula is C13H19N3O. The molecule has 0 saturated carbocycles. The minimum Gasteiger partial charge on any atom is -0.399 e. The van der Waals surface area contributed by atoms with E-state index in [1.54, 1.807) is 0 Å². The van der Waals surface area contributed by atoms with E-state index in [9.17, 15) is 5.11 Å². The van der Waals surface area contributed by atoms with Gasteiger partial charge in [-0.3, -0.25) is 0 Å². The van der Waals surface area contributed by atoms with E-state index in [0.717, 1.165) is 29.7 Å². The number of nitrogens with two attached hydrogens (primary N) is 1. The van der Waals surface area contributed by atoms with Gasteiger partial charge in [-0.2, -0.15) is 0 Å². The fraction of sp³-hybridized carbons (Fsp3) is 0.462. The molecule has 0 aliphatic carbocycles. The quantitative estimate of drug-likeness (QED) is 0.797. The number of anilines is 1. The van der Waals surface area contributed by atoms with E-state index in [-0.39, 0.29) is 6.61 Å². The Kier molecular flexibility index (Phi) is 3.33. The highest BCUT2D eigenvalue weighted by Gasteiger charge is 2.15. The van der Waals surface area contributed by atoms with Crippen molar-refractivity contribution in [2.45, 2.75) is 39.3 Å². The standard InChI is InChI=1S/C13H19N3O/c1-3-10(4-2)16-12-6-5-9(14)7-11(12)15-13(16)8-17/h5-7,10,17H,3-4,8,14H2,1-2H3. The van der Waals surface area contributed by atoms with Crippen LogP contribution >= 0.6 is 0 Å². The lowest BCUT2D eigenvalue weighted by atomic mass is 10.1. The zero-order valence-electron chi connectivity index (χ0n) is 10.3. The third-order valence-electron chi connectivity index (χ3n) is 3.24. The highest BCUT2D eigenvalue weighted by Crippen LogP contribution is 2.26. The van der Waals surface area contributed by atoms with E-state index in [4.69, 9.17) is 5.73 Å². The lowest BCUT2D eigenvalue weighted by Gasteiger charge is -2.18. The van der Waals surface area contributed by atoms with Crippen molar-refractivity contribution in [1.82, 2.24) is 9.55 Å². The number of imidazole rings is 1. The molecule has 0 aliphatic rings. The number of aliphatic hydroxyl groups excluding tert-OH is 1. The Bertz CT molecular complexity index is 515. The van der Waals surface area contributed by atoms with Crippen molar-refractivity contribution in [3.8, 4) is 0 Å². The van der Waals surface area contributed by atoms with Gasteiger partial charge in [0.2, 0.25) is 0 Å². The predicted octanol–water partition coefficient (Wildman–Crippen LogP) is 2.47. The number of nitrogen functional groups attached to an aromatic ring is 1. The first-order chi connectivity index (χ1) is 8.21. The number of aliphatic hydroxyl groups is 1. The molecule has 1 heterocycles. The van der Waals surface area contributed by atoms with Gasteiger partial charge in [-0.1, -0.05) is 13.8 Å². The van der Waals surface area contributed by atoms with Gasteiger partial charge in [-0.05, 0) is 31.0 Å². The zero-order valence-corrected chi connectivity index (χ0v) is 10.3. The van der Waals surface area contributed by atoms with E-state index < -0.39 is 0 Å². The van der Waals surface area contributed by atoms with Crippen molar-refractivity contribution in [3.05, 3.63) is 24.0 Å². The van der Waals surface area contributed by atoms with Crippen LogP contribution in [0, 0.1) is 0 Å². The van der Waals surface area contributed by atoms with Gasteiger partial charge in [0.25, 0.3) is 0 Å². The molecule has 17 heavy (non-hydrogen) atoms. The first-order valence-corrected chi connectivity index (χ1v) is 6.08. The maximum atomic E-state index is 9.41. The molecule has 92 valence electrons. The van der Waals surface area contributed by atoms with Crippen molar-refractivity contribution in [2.75, 3.05) is 5.73 Å². The summed E-state index contributed by atoms with van der Waals surface area (Å²) in [7, 11) is 0. The number of benzene rings is 1. The maximum absolute atomic E-state index is 9.41. The van der Waals surface area contributed by atoms with Gasteiger partial charge in [-0.25, -0.2) is 4.98 Å². The SMILES string of the molecule is CCC(CC)n1c(CO)nc2cc(N)ccc21. The molecule has 0 fully saturated rings. The van der Waals surface area contributed by atoms with E-state index in [0.29, 0.717) is 11.7 Å². The Labute approximate surface area is 101 Å². The molecule has 2 aromatic rings. The molecule has 4 heteroatoms. The number of hydrogen-bond donors (Lipinski definition) is 2. The van der Waals surface area contributed by atoms with Crippen LogP contribution in [0.2, 0.25) is 0 Å². The second-order valence-corrected chi connectivity index (χ2v) is 4.27. The third-order valence-corrected chi connectivity index (χ3v) is 3.24. The lowest BCUT2D eigenvalue weighted by molar-refractivity contribution is 0.260. The summed E-state index contributed by atoms with van der Waals surface area (Å²) in [6, 6.07) is 6.10. The average molecular weight is 233 g/mol. The molecule has 0 atom stereocenters. The molecule has 0 unspecified atom stereocenters. The molecule has 2 rings (SSSR count). The first-order valence-electron chi connectivity index (χ1n) is 6.08. The van der Waals surface area contributed by atoms with Gasteiger partial charge >= 0.3 is 0 Å². The smallest absolute Gasteiger partial charge is 0.135 e. The molecule has 0 radical (unpaired) electrons. The van der Waals surface area contributed by atoms with Crippen LogP contribution in [0.1, 0.15) is 38.6 Å². The lowest BCUT2D eigenvalue weighted by Crippen LogP contribution is -2.10. The molecule has 3 N–H and O–H groups in total. The first kappa shape index (κ1) is 11.9. The van der Waals surface area contributed by atoms with Crippen LogP contribution in [0.3, 0.4) is 0 Å². The Balaban J connectivity index is 2.65. The van der Waals surface area contributed by atoms with Crippen LogP contribution in [-0.2, 0) is 6.61 Å². The summed E-state index contributed by atoms with van der Waals surface area (Å²) >= 11 is 0. The van der Waals surface area contributed by atoms with Gasteiger partial charge in [0.15, 0.2) is 0 Å². The Hall–Kier alpha value is -1.55. The summed E-state index contributed by atoms with van der Waals surface area (Å²) in [5, 5.41) is 9.41. The van der Waals surface area contributed by atoms with Crippen LogP contribution in [0.4, 0.5) is 5.69 Å². The van der Waals surface area contributed by atoms with E-state index >= 15 is 0 Å². The molecule has 0 saturated heterocycles. The van der Waals surface area contributed by atoms with E-state index in [1.165, 1.54) is 0 Å².